The fourth-order valence-electron chi connectivity index (χ4n) is 3.11. The van der Waals surface area contributed by atoms with Gasteiger partial charge in [-0.15, -0.1) is 0 Å². The molecule has 0 N–H and O–H groups in total. The molecule has 0 atom stereocenters. The summed E-state index contributed by atoms with van der Waals surface area (Å²) in [6.07, 6.45) is 2.88. The Labute approximate surface area is 96.5 Å². The SMILES string of the molecule is N#Cc1ccccc1CN1CC2CC(C2)C1. The lowest BCUT2D eigenvalue weighted by Crippen LogP contribution is -2.48. The lowest BCUT2D eigenvalue weighted by atomic mass is 9.71. The number of nitriles is 1. The van der Waals surface area contributed by atoms with Crippen molar-refractivity contribution in [1.29, 1.82) is 5.26 Å². The van der Waals surface area contributed by atoms with Crippen molar-refractivity contribution in [3.63, 3.8) is 0 Å². The second-order valence-corrected chi connectivity index (χ2v) is 5.17. The predicted octanol–water partition coefficient (Wildman–Crippen LogP) is 2.40. The van der Waals surface area contributed by atoms with Crippen LogP contribution in [0.2, 0.25) is 0 Å². The number of hydrogen-bond acceptors (Lipinski definition) is 2. The first-order chi connectivity index (χ1) is 7.85. The van der Waals surface area contributed by atoms with Gasteiger partial charge in [0, 0.05) is 19.6 Å². The molecule has 4 rings (SSSR count). The standard InChI is InChI=1S/C14H16N2/c15-7-13-3-1-2-4-14(13)10-16-8-11-5-12(6-11)9-16/h1-4,11-12H,5-6,8-10H2. The summed E-state index contributed by atoms with van der Waals surface area (Å²) < 4.78 is 0. The highest BCUT2D eigenvalue weighted by Crippen LogP contribution is 2.39. The molecule has 1 aromatic rings. The van der Waals surface area contributed by atoms with Crippen LogP contribution in [-0.2, 0) is 6.54 Å². The van der Waals surface area contributed by atoms with E-state index in [-0.39, 0.29) is 0 Å². The average Bonchev–Trinajstić information content (AvgIpc) is 2.29. The Morgan fingerprint density at radius 1 is 1.19 bits per heavy atom. The van der Waals surface area contributed by atoms with E-state index in [4.69, 9.17) is 5.26 Å². The molecule has 1 aliphatic carbocycles. The summed E-state index contributed by atoms with van der Waals surface area (Å²) in [5.74, 6) is 1.88. The van der Waals surface area contributed by atoms with Crippen molar-refractivity contribution in [1.82, 2.24) is 4.90 Å². The molecule has 1 aromatic carbocycles. The predicted molar refractivity (Wildman–Crippen MR) is 62.6 cm³/mol. The molecule has 1 saturated carbocycles. The zero-order valence-corrected chi connectivity index (χ0v) is 9.39. The van der Waals surface area contributed by atoms with Crippen molar-refractivity contribution in [2.75, 3.05) is 13.1 Å². The fraction of sp³-hybridized carbons (Fsp3) is 0.500. The Morgan fingerprint density at radius 2 is 1.88 bits per heavy atom. The van der Waals surface area contributed by atoms with E-state index in [1.54, 1.807) is 0 Å². The van der Waals surface area contributed by atoms with Gasteiger partial charge in [-0.05, 0) is 36.3 Å². The third-order valence-electron chi connectivity index (χ3n) is 3.90. The monoisotopic (exact) mass is 212 g/mol. The van der Waals surface area contributed by atoms with Crippen LogP contribution in [-0.4, -0.2) is 18.0 Å². The third kappa shape index (κ3) is 1.72. The van der Waals surface area contributed by atoms with E-state index in [0.29, 0.717) is 0 Å². The zero-order chi connectivity index (χ0) is 11.0. The van der Waals surface area contributed by atoms with Crippen LogP contribution < -0.4 is 0 Å². The topological polar surface area (TPSA) is 27.0 Å². The van der Waals surface area contributed by atoms with E-state index in [1.807, 2.05) is 18.2 Å². The van der Waals surface area contributed by atoms with Gasteiger partial charge in [0.1, 0.15) is 0 Å². The summed E-state index contributed by atoms with van der Waals surface area (Å²) in [6, 6.07) is 10.2. The molecule has 2 saturated heterocycles. The fourth-order valence-corrected chi connectivity index (χ4v) is 3.11. The normalized spacial score (nSPS) is 28.2. The first-order valence-corrected chi connectivity index (χ1v) is 6.05. The van der Waals surface area contributed by atoms with E-state index in [9.17, 15) is 0 Å². The number of rotatable bonds is 2. The quantitative estimate of drug-likeness (QED) is 0.752. The van der Waals surface area contributed by atoms with E-state index < -0.39 is 0 Å². The Morgan fingerprint density at radius 3 is 2.56 bits per heavy atom. The maximum atomic E-state index is 9.04. The minimum absolute atomic E-state index is 0.835. The summed E-state index contributed by atoms with van der Waals surface area (Å²) >= 11 is 0. The van der Waals surface area contributed by atoms with Crippen LogP contribution in [0.15, 0.2) is 24.3 Å². The first-order valence-electron chi connectivity index (χ1n) is 6.05. The van der Waals surface area contributed by atoms with Crippen LogP contribution >= 0.6 is 0 Å². The van der Waals surface area contributed by atoms with E-state index >= 15 is 0 Å². The van der Waals surface area contributed by atoms with Crippen molar-refractivity contribution in [2.24, 2.45) is 11.8 Å². The highest BCUT2D eigenvalue weighted by molar-refractivity contribution is 5.37. The molecule has 2 nitrogen and oxygen atoms in total. The smallest absolute Gasteiger partial charge is 0.0995 e. The van der Waals surface area contributed by atoms with Crippen molar-refractivity contribution >= 4 is 0 Å². The number of piperidine rings is 2. The Kier molecular flexibility index (Phi) is 2.41. The van der Waals surface area contributed by atoms with Crippen LogP contribution in [0.5, 0.6) is 0 Å². The van der Waals surface area contributed by atoms with Crippen LogP contribution in [0.25, 0.3) is 0 Å². The van der Waals surface area contributed by atoms with Gasteiger partial charge in [-0.1, -0.05) is 18.2 Å². The molecule has 2 bridgehead atoms. The van der Waals surface area contributed by atoms with Gasteiger partial charge in [-0.25, -0.2) is 0 Å². The van der Waals surface area contributed by atoms with Gasteiger partial charge in [0.2, 0.25) is 0 Å². The Balaban J connectivity index is 1.72. The summed E-state index contributed by atoms with van der Waals surface area (Å²) in [5.41, 5.74) is 2.02. The Hall–Kier alpha value is -1.33. The van der Waals surface area contributed by atoms with E-state index in [0.717, 1.165) is 23.9 Å². The maximum Gasteiger partial charge on any atom is 0.0995 e. The van der Waals surface area contributed by atoms with Gasteiger partial charge in [-0.2, -0.15) is 5.26 Å². The molecular formula is C14H16N2. The van der Waals surface area contributed by atoms with Crippen molar-refractivity contribution < 1.29 is 0 Å². The summed E-state index contributed by atoms with van der Waals surface area (Å²) in [4.78, 5) is 2.51. The molecule has 0 aromatic heterocycles. The van der Waals surface area contributed by atoms with E-state index in [1.165, 1.54) is 31.5 Å². The molecule has 2 aliphatic heterocycles. The second-order valence-electron chi connectivity index (χ2n) is 5.17. The zero-order valence-electron chi connectivity index (χ0n) is 9.39. The van der Waals surface area contributed by atoms with Gasteiger partial charge in [0.15, 0.2) is 0 Å². The minimum atomic E-state index is 0.835. The van der Waals surface area contributed by atoms with Crippen LogP contribution in [0.1, 0.15) is 24.0 Å². The third-order valence-corrected chi connectivity index (χ3v) is 3.90. The lowest BCUT2D eigenvalue weighted by molar-refractivity contribution is 0.0227. The number of nitrogens with zero attached hydrogens (tertiary/aromatic N) is 2. The molecule has 0 spiro atoms. The Bertz CT molecular complexity index is 417. The molecule has 2 heterocycles. The highest BCUT2D eigenvalue weighted by Gasteiger charge is 2.36. The summed E-state index contributed by atoms with van der Waals surface area (Å²) in [6.45, 7) is 3.42. The highest BCUT2D eigenvalue weighted by atomic mass is 15.1. The van der Waals surface area contributed by atoms with Gasteiger partial charge in [0.05, 0.1) is 11.6 Å². The van der Waals surface area contributed by atoms with Gasteiger partial charge in [0.25, 0.3) is 0 Å². The number of fused-ring (bicyclic) bond motifs is 2. The first kappa shape index (κ1) is 9.86. The molecular weight excluding hydrogens is 196 g/mol. The lowest BCUT2D eigenvalue weighted by Gasteiger charge is -2.47. The van der Waals surface area contributed by atoms with Crippen LogP contribution in [0.3, 0.4) is 0 Å². The molecule has 82 valence electrons. The van der Waals surface area contributed by atoms with Crippen molar-refractivity contribution in [3.8, 4) is 6.07 Å². The second kappa shape index (κ2) is 3.92. The summed E-state index contributed by atoms with van der Waals surface area (Å²) in [5, 5.41) is 9.04. The van der Waals surface area contributed by atoms with E-state index in [2.05, 4.69) is 17.0 Å². The summed E-state index contributed by atoms with van der Waals surface area (Å²) in [7, 11) is 0. The molecule has 0 amide bonds. The van der Waals surface area contributed by atoms with Gasteiger partial charge < -0.3 is 0 Å². The molecule has 3 aliphatic rings. The molecule has 0 unspecified atom stereocenters. The number of hydrogen-bond donors (Lipinski definition) is 0. The average molecular weight is 212 g/mol. The molecule has 0 radical (unpaired) electrons. The molecule has 2 heteroatoms. The van der Waals surface area contributed by atoms with Gasteiger partial charge >= 0.3 is 0 Å². The largest absolute Gasteiger partial charge is 0.298 e. The molecule has 3 fully saturated rings. The number of benzene rings is 1. The van der Waals surface area contributed by atoms with Crippen molar-refractivity contribution in [3.05, 3.63) is 35.4 Å². The van der Waals surface area contributed by atoms with Gasteiger partial charge in [-0.3, -0.25) is 4.90 Å². The maximum absolute atomic E-state index is 9.04. The van der Waals surface area contributed by atoms with Crippen molar-refractivity contribution in [2.45, 2.75) is 19.4 Å². The van der Waals surface area contributed by atoms with Crippen LogP contribution in [0, 0.1) is 23.2 Å². The minimum Gasteiger partial charge on any atom is -0.298 e. The molecule has 16 heavy (non-hydrogen) atoms. The van der Waals surface area contributed by atoms with Crippen LogP contribution in [0.4, 0.5) is 0 Å².